The molecule has 1 heterocycles. The van der Waals surface area contributed by atoms with E-state index in [0.29, 0.717) is 23.6 Å². The van der Waals surface area contributed by atoms with E-state index in [1.807, 2.05) is 42.6 Å². The minimum absolute atomic E-state index is 0. The molecule has 0 saturated carbocycles. The molecule has 1 saturated heterocycles. The first-order chi connectivity index (χ1) is 9.70. The Morgan fingerprint density at radius 3 is 2.52 bits per heavy atom. The Morgan fingerprint density at radius 1 is 1.33 bits per heavy atom. The lowest BCUT2D eigenvalue weighted by Crippen LogP contribution is -2.31. The van der Waals surface area contributed by atoms with Crippen molar-refractivity contribution in [2.45, 2.75) is 17.9 Å². The van der Waals surface area contributed by atoms with E-state index in [4.69, 9.17) is 5.73 Å². The maximum absolute atomic E-state index is 12.0. The summed E-state index contributed by atoms with van der Waals surface area (Å²) in [5.74, 6) is 2.77. The lowest BCUT2D eigenvalue weighted by molar-refractivity contribution is 0.0948. The molecule has 1 unspecified atom stereocenters. The zero-order chi connectivity index (χ0) is 14.4. The highest BCUT2D eigenvalue weighted by Crippen LogP contribution is 2.43. The van der Waals surface area contributed by atoms with Gasteiger partial charge < -0.3 is 11.1 Å². The number of hydrogen-bond donors (Lipinski definition) is 2. The molecule has 0 aromatic heterocycles. The number of nitrogens with one attached hydrogen (secondary N) is 1. The average molecular weight is 347 g/mol. The molecular formula is C15H23ClN2OS2. The topological polar surface area (TPSA) is 55.1 Å². The van der Waals surface area contributed by atoms with Gasteiger partial charge in [0.15, 0.2) is 0 Å². The van der Waals surface area contributed by atoms with Gasteiger partial charge in [-0.1, -0.05) is 19.1 Å². The Labute approximate surface area is 141 Å². The predicted octanol–water partition coefficient (Wildman–Crippen LogP) is 3.30. The van der Waals surface area contributed by atoms with Crippen LogP contribution in [0.4, 0.5) is 0 Å². The predicted molar refractivity (Wildman–Crippen MR) is 96.5 cm³/mol. The maximum atomic E-state index is 12.0. The van der Waals surface area contributed by atoms with Crippen molar-refractivity contribution in [1.82, 2.24) is 5.32 Å². The summed E-state index contributed by atoms with van der Waals surface area (Å²) in [7, 11) is 0. The van der Waals surface area contributed by atoms with Gasteiger partial charge in [0.25, 0.3) is 5.91 Å². The van der Waals surface area contributed by atoms with Crippen molar-refractivity contribution in [2.24, 2.45) is 11.7 Å². The SMILES string of the molecule is CC(CN)CNC(=O)c1ccc(C2SCCCS2)cc1.Cl. The Hall–Kier alpha value is -0.360. The Morgan fingerprint density at radius 2 is 1.95 bits per heavy atom. The van der Waals surface area contributed by atoms with Crippen LogP contribution in [0, 0.1) is 5.92 Å². The monoisotopic (exact) mass is 346 g/mol. The second-order valence-electron chi connectivity index (χ2n) is 5.10. The molecule has 0 aliphatic carbocycles. The van der Waals surface area contributed by atoms with Crippen LogP contribution in [0.2, 0.25) is 0 Å². The van der Waals surface area contributed by atoms with E-state index < -0.39 is 0 Å². The third kappa shape index (κ3) is 5.74. The summed E-state index contributed by atoms with van der Waals surface area (Å²) in [6.07, 6.45) is 1.30. The first-order valence-electron chi connectivity index (χ1n) is 7.02. The normalized spacial score (nSPS) is 16.9. The molecule has 1 fully saturated rings. The van der Waals surface area contributed by atoms with E-state index >= 15 is 0 Å². The molecule has 1 aliphatic rings. The molecule has 0 spiro atoms. The number of carbonyl (C=O) groups is 1. The molecule has 1 amide bonds. The maximum Gasteiger partial charge on any atom is 0.251 e. The number of halogens is 1. The van der Waals surface area contributed by atoms with Gasteiger partial charge in [0.05, 0.1) is 4.58 Å². The number of amides is 1. The lowest BCUT2D eigenvalue weighted by Gasteiger charge is -2.21. The summed E-state index contributed by atoms with van der Waals surface area (Å²) in [5, 5.41) is 2.92. The minimum atomic E-state index is -0.0131. The van der Waals surface area contributed by atoms with Crippen LogP contribution in [-0.2, 0) is 0 Å². The van der Waals surface area contributed by atoms with Crippen LogP contribution >= 0.6 is 35.9 Å². The zero-order valence-electron chi connectivity index (χ0n) is 12.2. The second-order valence-corrected chi connectivity index (χ2v) is 7.82. The van der Waals surface area contributed by atoms with Crippen LogP contribution in [0.25, 0.3) is 0 Å². The van der Waals surface area contributed by atoms with Crippen LogP contribution in [0.5, 0.6) is 0 Å². The standard InChI is InChI=1S/C15H22N2OS2.ClH/c1-11(9-16)10-17-14(18)12-3-5-13(6-4-12)15-19-7-2-8-20-15;/h3-6,11,15H,2,7-10,16H2,1H3,(H,17,18);1H. The van der Waals surface area contributed by atoms with Gasteiger partial charge in [0.1, 0.15) is 0 Å². The van der Waals surface area contributed by atoms with Gasteiger partial charge in [-0.05, 0) is 48.1 Å². The number of carbonyl (C=O) groups excluding carboxylic acids is 1. The third-order valence-corrected chi connectivity index (χ3v) is 6.30. The summed E-state index contributed by atoms with van der Waals surface area (Å²) in [4.78, 5) is 12.0. The highest BCUT2D eigenvalue weighted by molar-refractivity contribution is 8.16. The molecule has 1 aromatic carbocycles. The fourth-order valence-electron chi connectivity index (χ4n) is 1.92. The van der Waals surface area contributed by atoms with Gasteiger partial charge in [-0.2, -0.15) is 0 Å². The molecule has 1 aliphatic heterocycles. The molecule has 6 heteroatoms. The summed E-state index contributed by atoms with van der Waals surface area (Å²) in [6, 6.07) is 8.01. The lowest BCUT2D eigenvalue weighted by atomic mass is 10.1. The number of thioether (sulfide) groups is 2. The molecule has 3 N–H and O–H groups in total. The van der Waals surface area contributed by atoms with Crippen molar-refractivity contribution in [2.75, 3.05) is 24.6 Å². The largest absolute Gasteiger partial charge is 0.352 e. The number of hydrogen-bond acceptors (Lipinski definition) is 4. The van der Waals surface area contributed by atoms with Gasteiger partial charge in [0, 0.05) is 12.1 Å². The highest BCUT2D eigenvalue weighted by Gasteiger charge is 2.16. The molecule has 0 bridgehead atoms. The van der Waals surface area contributed by atoms with E-state index in [1.165, 1.54) is 23.5 Å². The third-order valence-electron chi connectivity index (χ3n) is 3.29. The van der Waals surface area contributed by atoms with E-state index in [9.17, 15) is 4.79 Å². The Kier molecular flexibility index (Phi) is 8.56. The second kappa shape index (κ2) is 9.62. The van der Waals surface area contributed by atoms with E-state index in [0.717, 1.165) is 5.56 Å². The molecule has 21 heavy (non-hydrogen) atoms. The van der Waals surface area contributed by atoms with Gasteiger partial charge >= 0.3 is 0 Å². The van der Waals surface area contributed by atoms with E-state index in [-0.39, 0.29) is 18.3 Å². The molecule has 1 atom stereocenters. The summed E-state index contributed by atoms with van der Waals surface area (Å²) in [5.41, 5.74) is 7.58. The molecule has 118 valence electrons. The van der Waals surface area contributed by atoms with Gasteiger partial charge in [0.2, 0.25) is 0 Å². The van der Waals surface area contributed by atoms with Crippen molar-refractivity contribution >= 4 is 41.8 Å². The van der Waals surface area contributed by atoms with Crippen LogP contribution < -0.4 is 11.1 Å². The summed E-state index contributed by atoms with van der Waals surface area (Å²) >= 11 is 3.99. The Balaban J connectivity index is 0.00000220. The van der Waals surface area contributed by atoms with Crippen molar-refractivity contribution < 1.29 is 4.79 Å². The number of rotatable bonds is 5. The van der Waals surface area contributed by atoms with Crippen molar-refractivity contribution in [3.8, 4) is 0 Å². The van der Waals surface area contributed by atoms with E-state index in [1.54, 1.807) is 0 Å². The quantitative estimate of drug-likeness (QED) is 0.858. The van der Waals surface area contributed by atoms with Gasteiger partial charge in [-0.3, -0.25) is 4.79 Å². The number of benzene rings is 1. The fourth-order valence-corrected chi connectivity index (χ4v) is 4.82. The van der Waals surface area contributed by atoms with Crippen LogP contribution in [-0.4, -0.2) is 30.5 Å². The average Bonchev–Trinajstić information content (AvgIpc) is 2.53. The molecule has 1 aromatic rings. The van der Waals surface area contributed by atoms with E-state index in [2.05, 4.69) is 17.4 Å². The minimum Gasteiger partial charge on any atom is -0.352 e. The first kappa shape index (κ1) is 18.7. The molecule has 2 rings (SSSR count). The smallest absolute Gasteiger partial charge is 0.251 e. The molecule has 0 radical (unpaired) electrons. The molecule has 3 nitrogen and oxygen atoms in total. The Bertz CT molecular complexity index is 436. The summed E-state index contributed by atoms with van der Waals surface area (Å²) < 4.78 is 0.526. The first-order valence-corrected chi connectivity index (χ1v) is 9.12. The van der Waals surface area contributed by atoms with Crippen LogP contribution in [0.3, 0.4) is 0 Å². The number of nitrogens with two attached hydrogens (primary N) is 1. The van der Waals surface area contributed by atoms with Crippen molar-refractivity contribution in [3.05, 3.63) is 35.4 Å². The summed E-state index contributed by atoms with van der Waals surface area (Å²) in [6.45, 7) is 3.25. The van der Waals surface area contributed by atoms with Crippen molar-refractivity contribution in [1.29, 1.82) is 0 Å². The fraction of sp³-hybridized carbons (Fsp3) is 0.533. The molecular weight excluding hydrogens is 324 g/mol. The van der Waals surface area contributed by atoms with Gasteiger partial charge in [-0.15, -0.1) is 35.9 Å². The van der Waals surface area contributed by atoms with Crippen LogP contribution in [0.1, 0.15) is 33.8 Å². The van der Waals surface area contributed by atoms with Crippen molar-refractivity contribution in [3.63, 3.8) is 0 Å². The van der Waals surface area contributed by atoms with Gasteiger partial charge in [-0.25, -0.2) is 0 Å². The highest BCUT2D eigenvalue weighted by atomic mass is 35.5. The van der Waals surface area contributed by atoms with Crippen LogP contribution in [0.15, 0.2) is 24.3 Å². The zero-order valence-corrected chi connectivity index (χ0v) is 14.7.